The van der Waals surface area contributed by atoms with Crippen LogP contribution >= 0.6 is 11.6 Å². The van der Waals surface area contributed by atoms with Gasteiger partial charge >= 0.3 is 0 Å². The normalized spacial score (nSPS) is 19.7. The van der Waals surface area contributed by atoms with Crippen molar-refractivity contribution in [1.82, 2.24) is 10.0 Å². The standard InChI is InChI=1S/C12H16ClN3O3S/c1-7-4-9(13)10(14)5-11(7)20(18,19)16-8-2-3-12(17)15-6-8/h4-5,8,16H,2-3,6,14H2,1H3,(H,15,17). The van der Waals surface area contributed by atoms with Crippen LogP contribution in [-0.4, -0.2) is 26.9 Å². The van der Waals surface area contributed by atoms with Crippen LogP contribution in [0.1, 0.15) is 18.4 Å². The summed E-state index contributed by atoms with van der Waals surface area (Å²) >= 11 is 5.86. The van der Waals surface area contributed by atoms with Gasteiger partial charge in [0.05, 0.1) is 15.6 Å². The summed E-state index contributed by atoms with van der Waals surface area (Å²) in [6.07, 6.45) is 0.794. The SMILES string of the molecule is Cc1cc(Cl)c(N)cc1S(=O)(=O)NC1CCC(=O)NC1. The van der Waals surface area contributed by atoms with Crippen LogP contribution in [0, 0.1) is 6.92 Å². The largest absolute Gasteiger partial charge is 0.397 e. The molecule has 4 N–H and O–H groups in total. The molecule has 0 spiro atoms. The summed E-state index contributed by atoms with van der Waals surface area (Å²) < 4.78 is 27.3. The number of benzene rings is 1. The first-order valence-corrected chi connectivity index (χ1v) is 8.00. The molecule has 1 amide bonds. The topological polar surface area (TPSA) is 101 Å². The van der Waals surface area contributed by atoms with Gasteiger partial charge in [0, 0.05) is 19.0 Å². The molecule has 1 fully saturated rings. The fourth-order valence-electron chi connectivity index (χ4n) is 2.07. The van der Waals surface area contributed by atoms with Gasteiger partial charge in [-0.1, -0.05) is 11.6 Å². The van der Waals surface area contributed by atoms with Crippen LogP contribution in [0.15, 0.2) is 17.0 Å². The van der Waals surface area contributed by atoms with Crippen molar-refractivity contribution in [2.45, 2.75) is 30.7 Å². The quantitative estimate of drug-likeness (QED) is 0.717. The van der Waals surface area contributed by atoms with Gasteiger partial charge < -0.3 is 11.1 Å². The lowest BCUT2D eigenvalue weighted by Gasteiger charge is -2.23. The van der Waals surface area contributed by atoms with Crippen LogP contribution in [0.2, 0.25) is 5.02 Å². The van der Waals surface area contributed by atoms with Crippen molar-refractivity contribution in [2.24, 2.45) is 0 Å². The van der Waals surface area contributed by atoms with Gasteiger partial charge in [-0.15, -0.1) is 0 Å². The lowest BCUT2D eigenvalue weighted by atomic mass is 10.1. The molecular formula is C12H16ClN3O3S. The van der Waals surface area contributed by atoms with Crippen molar-refractivity contribution in [3.8, 4) is 0 Å². The summed E-state index contributed by atoms with van der Waals surface area (Å²) in [5.74, 6) is -0.0626. The number of nitrogen functional groups attached to an aromatic ring is 1. The molecule has 1 heterocycles. The van der Waals surface area contributed by atoms with E-state index < -0.39 is 10.0 Å². The van der Waals surface area contributed by atoms with Crippen molar-refractivity contribution in [2.75, 3.05) is 12.3 Å². The number of anilines is 1. The Balaban J connectivity index is 2.22. The summed E-state index contributed by atoms with van der Waals surface area (Å²) in [6.45, 7) is 1.95. The fraction of sp³-hybridized carbons (Fsp3) is 0.417. The molecule has 1 aromatic rings. The summed E-state index contributed by atoms with van der Waals surface area (Å²) in [5, 5.41) is 2.95. The van der Waals surface area contributed by atoms with Crippen LogP contribution in [0.25, 0.3) is 0 Å². The predicted octanol–water partition coefficient (Wildman–Crippen LogP) is 0.788. The molecule has 0 bridgehead atoms. The molecule has 0 aromatic heterocycles. The van der Waals surface area contributed by atoms with Gasteiger partial charge in [-0.25, -0.2) is 13.1 Å². The van der Waals surface area contributed by atoms with E-state index in [-0.39, 0.29) is 22.5 Å². The summed E-state index contributed by atoms with van der Waals surface area (Å²) in [5.41, 5.74) is 6.40. The Morgan fingerprint density at radius 1 is 1.45 bits per heavy atom. The Labute approximate surface area is 122 Å². The number of hydrogen-bond acceptors (Lipinski definition) is 4. The summed E-state index contributed by atoms with van der Waals surface area (Å²) in [4.78, 5) is 11.2. The third-order valence-electron chi connectivity index (χ3n) is 3.17. The molecule has 0 aliphatic carbocycles. The second-order valence-electron chi connectivity index (χ2n) is 4.80. The average Bonchev–Trinajstić information content (AvgIpc) is 2.36. The highest BCUT2D eigenvalue weighted by atomic mass is 35.5. The van der Waals surface area contributed by atoms with Crippen molar-refractivity contribution in [3.05, 3.63) is 22.7 Å². The Bertz CT molecular complexity index is 636. The molecular weight excluding hydrogens is 302 g/mol. The van der Waals surface area contributed by atoms with Gasteiger partial charge in [-0.05, 0) is 31.0 Å². The molecule has 1 unspecified atom stereocenters. The first kappa shape index (κ1) is 15.1. The van der Waals surface area contributed by atoms with E-state index in [1.807, 2.05) is 0 Å². The van der Waals surface area contributed by atoms with E-state index in [4.69, 9.17) is 17.3 Å². The first-order valence-electron chi connectivity index (χ1n) is 6.14. The number of piperidine rings is 1. The van der Waals surface area contributed by atoms with Gasteiger partial charge in [-0.3, -0.25) is 4.79 Å². The van der Waals surface area contributed by atoms with Crippen LogP contribution in [0.5, 0.6) is 0 Å². The van der Waals surface area contributed by atoms with E-state index >= 15 is 0 Å². The number of rotatable bonds is 3. The molecule has 110 valence electrons. The van der Waals surface area contributed by atoms with E-state index in [0.717, 1.165) is 0 Å². The van der Waals surface area contributed by atoms with Crippen molar-refractivity contribution in [3.63, 3.8) is 0 Å². The maximum atomic E-state index is 12.3. The third-order valence-corrected chi connectivity index (χ3v) is 5.16. The Kier molecular flexibility index (Phi) is 4.22. The van der Waals surface area contributed by atoms with Crippen molar-refractivity contribution >= 4 is 33.2 Å². The predicted molar refractivity (Wildman–Crippen MR) is 77.0 cm³/mol. The number of amides is 1. The number of hydrogen-bond donors (Lipinski definition) is 3. The first-order chi connectivity index (χ1) is 9.29. The minimum atomic E-state index is -3.69. The molecule has 6 nitrogen and oxygen atoms in total. The molecule has 0 saturated carbocycles. The Hall–Kier alpha value is -1.31. The van der Waals surface area contributed by atoms with Gasteiger partial charge in [0.15, 0.2) is 0 Å². The number of aryl methyl sites for hydroxylation is 1. The van der Waals surface area contributed by atoms with E-state index in [1.54, 1.807) is 6.92 Å². The average molecular weight is 318 g/mol. The minimum absolute atomic E-state index is 0.0626. The zero-order valence-electron chi connectivity index (χ0n) is 10.9. The molecule has 1 aromatic carbocycles. The highest BCUT2D eigenvalue weighted by Crippen LogP contribution is 2.26. The number of nitrogens with two attached hydrogens (primary N) is 1. The number of nitrogens with one attached hydrogen (secondary N) is 2. The minimum Gasteiger partial charge on any atom is -0.397 e. The van der Waals surface area contributed by atoms with E-state index in [1.165, 1.54) is 12.1 Å². The summed E-state index contributed by atoms with van der Waals surface area (Å²) in [7, 11) is -3.69. The number of sulfonamides is 1. The smallest absolute Gasteiger partial charge is 0.241 e. The van der Waals surface area contributed by atoms with Crippen LogP contribution in [0.3, 0.4) is 0 Å². The Morgan fingerprint density at radius 3 is 2.75 bits per heavy atom. The Morgan fingerprint density at radius 2 is 2.15 bits per heavy atom. The summed E-state index contributed by atoms with van der Waals surface area (Å²) in [6, 6.07) is 2.56. The highest BCUT2D eigenvalue weighted by molar-refractivity contribution is 7.89. The third kappa shape index (κ3) is 3.23. The van der Waals surface area contributed by atoms with Gasteiger partial charge in [0.25, 0.3) is 0 Å². The highest BCUT2D eigenvalue weighted by Gasteiger charge is 2.25. The van der Waals surface area contributed by atoms with Crippen molar-refractivity contribution < 1.29 is 13.2 Å². The molecule has 20 heavy (non-hydrogen) atoms. The lowest BCUT2D eigenvalue weighted by molar-refractivity contribution is -0.122. The molecule has 1 atom stereocenters. The second kappa shape index (κ2) is 5.59. The zero-order valence-corrected chi connectivity index (χ0v) is 12.5. The number of carbonyl (C=O) groups is 1. The van der Waals surface area contributed by atoms with Crippen LogP contribution in [-0.2, 0) is 14.8 Å². The molecule has 8 heteroatoms. The molecule has 1 aliphatic rings. The second-order valence-corrected chi connectivity index (χ2v) is 6.89. The maximum absolute atomic E-state index is 12.3. The van der Waals surface area contributed by atoms with Gasteiger partial charge in [-0.2, -0.15) is 0 Å². The fourth-order valence-corrected chi connectivity index (χ4v) is 3.82. The van der Waals surface area contributed by atoms with Crippen molar-refractivity contribution in [1.29, 1.82) is 0 Å². The van der Waals surface area contributed by atoms with Gasteiger partial charge in [0.2, 0.25) is 15.9 Å². The molecule has 0 radical (unpaired) electrons. The van der Waals surface area contributed by atoms with Crippen LogP contribution in [0.4, 0.5) is 5.69 Å². The monoisotopic (exact) mass is 317 g/mol. The molecule has 1 aliphatic heterocycles. The van der Waals surface area contributed by atoms with E-state index in [9.17, 15) is 13.2 Å². The number of carbonyl (C=O) groups excluding carboxylic acids is 1. The molecule has 2 rings (SSSR count). The molecule has 1 saturated heterocycles. The van der Waals surface area contributed by atoms with Gasteiger partial charge in [0.1, 0.15) is 0 Å². The zero-order chi connectivity index (χ0) is 14.9. The lowest BCUT2D eigenvalue weighted by Crippen LogP contribution is -2.47. The van der Waals surface area contributed by atoms with E-state index in [2.05, 4.69) is 10.0 Å². The maximum Gasteiger partial charge on any atom is 0.241 e. The number of halogens is 1. The van der Waals surface area contributed by atoms with Crippen LogP contribution < -0.4 is 15.8 Å². The van der Waals surface area contributed by atoms with E-state index in [0.29, 0.717) is 30.0 Å².